The molecule has 0 aliphatic carbocycles. The van der Waals surface area contributed by atoms with Gasteiger partial charge in [0.2, 0.25) is 0 Å². The first-order chi connectivity index (χ1) is 11.7. The molecule has 6 heteroatoms. The van der Waals surface area contributed by atoms with E-state index in [1.165, 1.54) is 4.90 Å². The third-order valence-electron chi connectivity index (χ3n) is 4.38. The molecule has 1 aromatic rings. The number of rotatable bonds is 4. The number of piperidine rings is 1. The summed E-state index contributed by atoms with van der Waals surface area (Å²) < 4.78 is 10.5. The molecule has 25 heavy (non-hydrogen) atoms. The molecule has 0 aromatic heterocycles. The average Bonchev–Trinajstić information content (AvgIpc) is 2.54. The van der Waals surface area contributed by atoms with Crippen molar-refractivity contribution >= 4 is 12.1 Å². The highest BCUT2D eigenvalue weighted by Gasteiger charge is 2.37. The van der Waals surface area contributed by atoms with Crippen molar-refractivity contribution in [3.8, 4) is 5.75 Å². The lowest BCUT2D eigenvalue weighted by Crippen LogP contribution is -2.48. The van der Waals surface area contributed by atoms with Gasteiger partial charge in [0.1, 0.15) is 11.4 Å². The summed E-state index contributed by atoms with van der Waals surface area (Å²) in [4.78, 5) is 25.4. The number of amides is 1. The van der Waals surface area contributed by atoms with Crippen molar-refractivity contribution in [2.45, 2.75) is 39.2 Å². The van der Waals surface area contributed by atoms with Crippen LogP contribution in [-0.4, -0.2) is 47.9 Å². The molecule has 1 aliphatic heterocycles. The Kier molecular flexibility index (Phi) is 5.93. The van der Waals surface area contributed by atoms with Crippen molar-refractivity contribution in [1.29, 1.82) is 0 Å². The number of methoxy groups -OCH3 is 1. The van der Waals surface area contributed by atoms with E-state index in [1.807, 2.05) is 24.3 Å². The largest absolute Gasteiger partial charge is 0.497 e. The average molecular weight is 349 g/mol. The van der Waals surface area contributed by atoms with Gasteiger partial charge in [-0.1, -0.05) is 12.1 Å². The fraction of sp³-hybridized carbons (Fsp3) is 0.579. The smallest absolute Gasteiger partial charge is 0.410 e. The number of likely N-dealkylation sites (tertiary alicyclic amines) is 1. The molecule has 0 unspecified atom stereocenters. The van der Waals surface area contributed by atoms with Crippen LogP contribution in [0.5, 0.6) is 5.75 Å². The maximum atomic E-state index is 12.2. The van der Waals surface area contributed by atoms with Crippen LogP contribution in [0.1, 0.15) is 32.8 Å². The van der Waals surface area contributed by atoms with E-state index in [1.54, 1.807) is 27.9 Å². The predicted octanol–water partition coefficient (Wildman–Crippen LogP) is 3.20. The Balaban J connectivity index is 2.03. The van der Waals surface area contributed by atoms with Crippen molar-refractivity contribution in [1.82, 2.24) is 4.90 Å². The molecule has 0 radical (unpaired) electrons. The van der Waals surface area contributed by atoms with Gasteiger partial charge in [-0.05, 0) is 57.2 Å². The third-order valence-corrected chi connectivity index (χ3v) is 4.38. The zero-order valence-electron chi connectivity index (χ0n) is 15.3. The Hall–Kier alpha value is -2.24. The summed E-state index contributed by atoms with van der Waals surface area (Å²) in [6, 6.07) is 7.66. The normalized spacial score (nSPS) is 20.9. The summed E-state index contributed by atoms with van der Waals surface area (Å²) in [5.41, 5.74) is 0.484. The van der Waals surface area contributed by atoms with E-state index in [2.05, 4.69) is 0 Å². The van der Waals surface area contributed by atoms with Gasteiger partial charge in [-0.25, -0.2) is 4.79 Å². The zero-order chi connectivity index (χ0) is 18.6. The Labute approximate surface area is 148 Å². The third kappa shape index (κ3) is 5.37. The van der Waals surface area contributed by atoms with Gasteiger partial charge >= 0.3 is 12.1 Å². The summed E-state index contributed by atoms with van der Waals surface area (Å²) in [5.74, 6) is -0.696. The number of carboxylic acid groups (broad SMARTS) is 1. The minimum atomic E-state index is -0.869. The van der Waals surface area contributed by atoms with Gasteiger partial charge in [0, 0.05) is 13.1 Å². The van der Waals surface area contributed by atoms with E-state index >= 15 is 0 Å². The molecule has 138 valence electrons. The molecule has 1 heterocycles. The van der Waals surface area contributed by atoms with E-state index in [-0.39, 0.29) is 12.5 Å². The number of aliphatic carboxylic acids is 1. The van der Waals surface area contributed by atoms with Gasteiger partial charge < -0.3 is 19.5 Å². The maximum absolute atomic E-state index is 12.2. The highest BCUT2D eigenvalue weighted by Crippen LogP contribution is 2.29. The summed E-state index contributed by atoms with van der Waals surface area (Å²) in [5, 5.41) is 9.60. The Morgan fingerprint density at radius 2 is 1.88 bits per heavy atom. The topological polar surface area (TPSA) is 76.1 Å². The first-order valence-electron chi connectivity index (χ1n) is 8.53. The van der Waals surface area contributed by atoms with Crippen molar-refractivity contribution in [2.75, 3.05) is 20.2 Å². The van der Waals surface area contributed by atoms with Crippen LogP contribution in [0.2, 0.25) is 0 Å². The second-order valence-corrected chi connectivity index (χ2v) is 7.47. The van der Waals surface area contributed by atoms with Gasteiger partial charge in [-0.3, -0.25) is 4.79 Å². The molecule has 0 saturated carbocycles. The molecule has 1 fully saturated rings. The molecule has 0 spiro atoms. The van der Waals surface area contributed by atoms with E-state index in [0.29, 0.717) is 19.4 Å². The van der Waals surface area contributed by atoms with Crippen LogP contribution in [0.25, 0.3) is 0 Å². The van der Waals surface area contributed by atoms with Crippen molar-refractivity contribution in [3.63, 3.8) is 0 Å². The molecule has 2 rings (SSSR count). The van der Waals surface area contributed by atoms with Crippen molar-refractivity contribution < 1.29 is 24.2 Å². The second-order valence-electron chi connectivity index (χ2n) is 7.47. The highest BCUT2D eigenvalue weighted by molar-refractivity contribution is 5.73. The first kappa shape index (κ1) is 19.1. The van der Waals surface area contributed by atoms with E-state index in [4.69, 9.17) is 9.47 Å². The number of nitrogens with zero attached hydrogens (tertiary/aromatic N) is 1. The summed E-state index contributed by atoms with van der Waals surface area (Å²) >= 11 is 0. The zero-order valence-corrected chi connectivity index (χ0v) is 15.3. The Morgan fingerprint density at radius 1 is 1.24 bits per heavy atom. The van der Waals surface area contributed by atoms with Crippen LogP contribution in [0.4, 0.5) is 4.79 Å². The molecular weight excluding hydrogens is 322 g/mol. The van der Waals surface area contributed by atoms with Gasteiger partial charge in [-0.15, -0.1) is 0 Å². The van der Waals surface area contributed by atoms with Crippen molar-refractivity contribution in [2.24, 2.45) is 11.8 Å². The fourth-order valence-corrected chi connectivity index (χ4v) is 3.08. The van der Waals surface area contributed by atoms with E-state index < -0.39 is 23.6 Å². The molecule has 1 aromatic carbocycles. The van der Waals surface area contributed by atoms with Gasteiger partial charge in [0.15, 0.2) is 0 Å². The SMILES string of the molecule is COc1ccc(C[C@H]2CCN(C(=O)OC(C)(C)C)C[C@H]2C(=O)O)cc1. The fourth-order valence-electron chi connectivity index (χ4n) is 3.08. The first-order valence-corrected chi connectivity index (χ1v) is 8.53. The number of benzene rings is 1. The number of carbonyl (C=O) groups is 2. The van der Waals surface area contributed by atoms with E-state index in [0.717, 1.165) is 11.3 Å². The Bertz CT molecular complexity index is 605. The van der Waals surface area contributed by atoms with Gasteiger partial charge in [-0.2, -0.15) is 0 Å². The minimum absolute atomic E-state index is 0.00965. The molecule has 2 atom stereocenters. The molecule has 1 amide bonds. The number of carboxylic acids is 1. The standard InChI is InChI=1S/C19H27NO5/c1-19(2,3)25-18(23)20-10-9-14(16(12-20)17(21)22)11-13-5-7-15(24-4)8-6-13/h5-8,14,16H,9-12H2,1-4H3,(H,21,22)/t14-,16-/m1/s1. The number of hydrogen-bond donors (Lipinski definition) is 1. The highest BCUT2D eigenvalue weighted by atomic mass is 16.6. The van der Waals surface area contributed by atoms with Crippen LogP contribution >= 0.6 is 0 Å². The summed E-state index contributed by atoms with van der Waals surface area (Å²) in [6.45, 7) is 6.10. The lowest BCUT2D eigenvalue weighted by molar-refractivity contribution is -0.145. The van der Waals surface area contributed by atoms with Gasteiger partial charge in [0.05, 0.1) is 13.0 Å². The molecule has 1 aliphatic rings. The van der Waals surface area contributed by atoms with Crippen LogP contribution in [0.3, 0.4) is 0 Å². The molecule has 0 bridgehead atoms. The molecule has 1 saturated heterocycles. The second kappa shape index (κ2) is 7.76. The van der Waals surface area contributed by atoms with Crippen LogP contribution in [-0.2, 0) is 16.0 Å². The number of ether oxygens (including phenoxy) is 2. The molecule has 6 nitrogen and oxygen atoms in total. The minimum Gasteiger partial charge on any atom is -0.497 e. The summed E-state index contributed by atoms with van der Waals surface area (Å²) in [6.07, 6.45) is 0.868. The van der Waals surface area contributed by atoms with Gasteiger partial charge in [0.25, 0.3) is 0 Å². The predicted molar refractivity (Wildman–Crippen MR) is 93.7 cm³/mol. The van der Waals surface area contributed by atoms with Crippen LogP contribution < -0.4 is 4.74 Å². The lowest BCUT2D eigenvalue weighted by atomic mass is 9.81. The Morgan fingerprint density at radius 3 is 2.40 bits per heavy atom. The van der Waals surface area contributed by atoms with Crippen LogP contribution in [0.15, 0.2) is 24.3 Å². The number of carbonyl (C=O) groups excluding carboxylic acids is 1. The molecular formula is C19H27NO5. The van der Waals surface area contributed by atoms with E-state index in [9.17, 15) is 14.7 Å². The lowest BCUT2D eigenvalue weighted by Gasteiger charge is -2.37. The van der Waals surface area contributed by atoms with Crippen LogP contribution in [0, 0.1) is 11.8 Å². The molecule has 1 N–H and O–H groups in total. The maximum Gasteiger partial charge on any atom is 0.410 e. The number of hydrogen-bond acceptors (Lipinski definition) is 4. The summed E-state index contributed by atoms with van der Waals surface area (Å²) in [7, 11) is 1.61. The quantitative estimate of drug-likeness (QED) is 0.903. The monoisotopic (exact) mass is 349 g/mol. The van der Waals surface area contributed by atoms with Crippen molar-refractivity contribution in [3.05, 3.63) is 29.8 Å².